The van der Waals surface area contributed by atoms with Crippen molar-refractivity contribution in [3.63, 3.8) is 0 Å². The Morgan fingerprint density at radius 2 is 2.29 bits per heavy atom. The maximum Gasteiger partial charge on any atom is 0.258 e. The summed E-state index contributed by atoms with van der Waals surface area (Å²) in [5.74, 6) is 1.79. The van der Waals surface area contributed by atoms with Gasteiger partial charge in [-0.2, -0.15) is 4.98 Å². The number of aromatic nitrogens is 5. The maximum absolute atomic E-state index is 5.55. The summed E-state index contributed by atoms with van der Waals surface area (Å²) < 4.78 is 6.92. The van der Waals surface area contributed by atoms with Crippen LogP contribution in [0.4, 0.5) is 0 Å². The van der Waals surface area contributed by atoms with E-state index in [4.69, 9.17) is 10.3 Å². The quantitative estimate of drug-likeness (QED) is 0.690. The van der Waals surface area contributed by atoms with E-state index in [1.807, 2.05) is 22.7 Å². The normalized spacial score (nSPS) is 11.2. The fourth-order valence-corrected chi connectivity index (χ4v) is 1.63. The van der Waals surface area contributed by atoms with Crippen LogP contribution in [0.15, 0.2) is 22.9 Å². The van der Waals surface area contributed by atoms with E-state index in [0.29, 0.717) is 29.7 Å². The van der Waals surface area contributed by atoms with Gasteiger partial charge in [0.25, 0.3) is 5.89 Å². The minimum atomic E-state index is 0.347. The van der Waals surface area contributed by atoms with Gasteiger partial charge in [0, 0.05) is 11.8 Å². The van der Waals surface area contributed by atoms with Gasteiger partial charge in [-0.25, -0.2) is 0 Å². The molecule has 0 aliphatic heterocycles. The number of aryl methyl sites for hydroxylation is 1. The SMILES string of the molecule is Cc1noc(-c2ccn3c(CN)nnc3c2)n1. The van der Waals surface area contributed by atoms with Crippen LogP contribution in [-0.2, 0) is 6.54 Å². The van der Waals surface area contributed by atoms with Crippen molar-refractivity contribution in [2.45, 2.75) is 13.5 Å². The van der Waals surface area contributed by atoms with Crippen molar-refractivity contribution in [2.24, 2.45) is 5.73 Å². The lowest BCUT2D eigenvalue weighted by Gasteiger charge is -1.97. The molecule has 0 saturated carbocycles. The highest BCUT2D eigenvalue weighted by Gasteiger charge is 2.09. The topological polar surface area (TPSA) is 95.1 Å². The average molecular weight is 230 g/mol. The van der Waals surface area contributed by atoms with Crippen molar-refractivity contribution in [3.05, 3.63) is 30.0 Å². The van der Waals surface area contributed by atoms with Gasteiger partial charge in [0.05, 0.1) is 6.54 Å². The first kappa shape index (κ1) is 9.91. The van der Waals surface area contributed by atoms with E-state index in [9.17, 15) is 0 Å². The molecule has 0 atom stereocenters. The molecule has 3 aromatic heterocycles. The Balaban J connectivity index is 2.14. The number of hydrogen-bond donors (Lipinski definition) is 1. The Morgan fingerprint density at radius 3 is 3.00 bits per heavy atom. The molecule has 0 amide bonds. The Kier molecular flexibility index (Phi) is 2.12. The molecule has 3 aromatic rings. The minimum absolute atomic E-state index is 0.347. The maximum atomic E-state index is 5.55. The molecule has 0 saturated heterocycles. The van der Waals surface area contributed by atoms with Gasteiger partial charge in [0.1, 0.15) is 0 Å². The van der Waals surface area contributed by atoms with Crippen molar-refractivity contribution >= 4 is 5.65 Å². The lowest BCUT2D eigenvalue weighted by Crippen LogP contribution is -2.02. The molecule has 7 heteroatoms. The summed E-state index contributed by atoms with van der Waals surface area (Å²) in [5.41, 5.74) is 7.07. The molecule has 17 heavy (non-hydrogen) atoms. The number of nitrogens with zero attached hydrogens (tertiary/aromatic N) is 5. The lowest BCUT2D eigenvalue weighted by molar-refractivity contribution is 0.425. The van der Waals surface area contributed by atoms with Gasteiger partial charge in [-0.15, -0.1) is 10.2 Å². The van der Waals surface area contributed by atoms with Crippen LogP contribution in [0.3, 0.4) is 0 Å². The predicted octanol–water partition coefficient (Wildman–Crippen LogP) is 0.546. The van der Waals surface area contributed by atoms with Crippen molar-refractivity contribution in [1.29, 1.82) is 0 Å². The zero-order valence-electron chi connectivity index (χ0n) is 9.16. The molecule has 3 rings (SSSR count). The third-order valence-corrected chi connectivity index (χ3v) is 2.44. The summed E-state index contributed by atoms with van der Waals surface area (Å²) in [6.07, 6.45) is 1.84. The molecule has 0 aliphatic rings. The number of rotatable bonds is 2. The molecule has 0 aliphatic carbocycles. The van der Waals surface area contributed by atoms with Crippen molar-refractivity contribution in [3.8, 4) is 11.5 Å². The highest BCUT2D eigenvalue weighted by atomic mass is 16.5. The summed E-state index contributed by atoms with van der Waals surface area (Å²) in [4.78, 5) is 4.15. The van der Waals surface area contributed by atoms with Gasteiger partial charge in [-0.1, -0.05) is 5.16 Å². The highest BCUT2D eigenvalue weighted by molar-refractivity contribution is 5.59. The van der Waals surface area contributed by atoms with Crippen molar-refractivity contribution < 1.29 is 4.52 Å². The average Bonchev–Trinajstić information content (AvgIpc) is 2.94. The molecular weight excluding hydrogens is 220 g/mol. The number of hydrogen-bond acceptors (Lipinski definition) is 6. The van der Waals surface area contributed by atoms with Gasteiger partial charge < -0.3 is 10.3 Å². The second-order valence-corrected chi connectivity index (χ2v) is 3.61. The zero-order valence-corrected chi connectivity index (χ0v) is 9.16. The van der Waals surface area contributed by atoms with Gasteiger partial charge in [0.15, 0.2) is 17.3 Å². The second kappa shape index (κ2) is 3.63. The summed E-state index contributed by atoms with van der Waals surface area (Å²) in [5, 5.41) is 11.7. The number of fused-ring (bicyclic) bond motifs is 1. The van der Waals surface area contributed by atoms with Crippen LogP contribution in [0.5, 0.6) is 0 Å². The number of nitrogens with two attached hydrogens (primary N) is 1. The molecule has 0 fully saturated rings. The smallest absolute Gasteiger partial charge is 0.258 e. The molecule has 0 radical (unpaired) electrons. The van der Waals surface area contributed by atoms with Gasteiger partial charge in [-0.05, 0) is 19.1 Å². The van der Waals surface area contributed by atoms with Gasteiger partial charge >= 0.3 is 0 Å². The molecular formula is C10H10N6O. The Labute approximate surface area is 96.3 Å². The molecule has 0 bridgehead atoms. The first-order chi connectivity index (χ1) is 8.28. The Morgan fingerprint density at radius 1 is 1.41 bits per heavy atom. The minimum Gasteiger partial charge on any atom is -0.334 e. The predicted molar refractivity (Wildman–Crippen MR) is 58.9 cm³/mol. The first-order valence-electron chi connectivity index (χ1n) is 5.12. The summed E-state index contributed by atoms with van der Waals surface area (Å²) >= 11 is 0. The molecule has 3 heterocycles. The van der Waals surface area contributed by atoms with E-state index in [1.165, 1.54) is 0 Å². The van der Waals surface area contributed by atoms with Crippen LogP contribution in [0, 0.1) is 6.92 Å². The van der Waals surface area contributed by atoms with Crippen LogP contribution in [0.1, 0.15) is 11.6 Å². The molecule has 7 nitrogen and oxygen atoms in total. The number of pyridine rings is 1. The van der Waals surface area contributed by atoms with Crippen molar-refractivity contribution in [1.82, 2.24) is 24.7 Å². The van der Waals surface area contributed by atoms with E-state index in [2.05, 4.69) is 20.3 Å². The molecule has 86 valence electrons. The third kappa shape index (κ3) is 1.56. The molecule has 0 spiro atoms. The fourth-order valence-electron chi connectivity index (χ4n) is 1.63. The summed E-state index contributed by atoms with van der Waals surface area (Å²) in [6.45, 7) is 2.12. The zero-order chi connectivity index (χ0) is 11.8. The van der Waals surface area contributed by atoms with Crippen LogP contribution >= 0.6 is 0 Å². The van der Waals surface area contributed by atoms with E-state index in [-0.39, 0.29) is 0 Å². The monoisotopic (exact) mass is 230 g/mol. The standard InChI is InChI=1S/C10H10N6O/c1-6-12-10(17-15-6)7-2-3-16-8(4-7)13-14-9(16)5-11/h2-4H,5,11H2,1H3. The van der Waals surface area contributed by atoms with Crippen molar-refractivity contribution in [2.75, 3.05) is 0 Å². The molecule has 0 unspecified atom stereocenters. The van der Waals surface area contributed by atoms with E-state index >= 15 is 0 Å². The van der Waals surface area contributed by atoms with Crippen LogP contribution in [-0.4, -0.2) is 24.7 Å². The van der Waals surface area contributed by atoms with E-state index in [0.717, 1.165) is 5.56 Å². The lowest BCUT2D eigenvalue weighted by atomic mass is 10.2. The third-order valence-electron chi connectivity index (χ3n) is 2.44. The fraction of sp³-hybridized carbons (Fsp3) is 0.200. The summed E-state index contributed by atoms with van der Waals surface area (Å²) in [7, 11) is 0. The molecule has 2 N–H and O–H groups in total. The summed E-state index contributed by atoms with van der Waals surface area (Å²) in [6, 6.07) is 3.70. The first-order valence-corrected chi connectivity index (χ1v) is 5.12. The van der Waals surface area contributed by atoms with Crippen LogP contribution in [0.2, 0.25) is 0 Å². The van der Waals surface area contributed by atoms with Gasteiger partial charge in [0.2, 0.25) is 0 Å². The van der Waals surface area contributed by atoms with E-state index < -0.39 is 0 Å². The second-order valence-electron chi connectivity index (χ2n) is 3.61. The van der Waals surface area contributed by atoms with Gasteiger partial charge in [-0.3, -0.25) is 4.40 Å². The largest absolute Gasteiger partial charge is 0.334 e. The highest BCUT2D eigenvalue weighted by Crippen LogP contribution is 2.18. The molecule has 0 aromatic carbocycles. The Bertz CT molecular complexity index is 670. The van der Waals surface area contributed by atoms with Crippen LogP contribution < -0.4 is 5.73 Å². The van der Waals surface area contributed by atoms with Crippen LogP contribution in [0.25, 0.3) is 17.1 Å². The Hall–Kier alpha value is -2.28. The van der Waals surface area contributed by atoms with E-state index in [1.54, 1.807) is 6.92 Å².